The Morgan fingerprint density at radius 1 is 1.04 bits per heavy atom. The summed E-state index contributed by atoms with van der Waals surface area (Å²) >= 11 is 21.1. The lowest BCUT2D eigenvalue weighted by molar-refractivity contribution is 0.377. The van der Waals surface area contributed by atoms with Crippen molar-refractivity contribution in [2.24, 2.45) is 10.4 Å². The quantitative estimate of drug-likeness (QED) is 0.577. The summed E-state index contributed by atoms with van der Waals surface area (Å²) in [6, 6.07) is 11.6. The van der Waals surface area contributed by atoms with Crippen LogP contribution in [0, 0.1) is 5.41 Å². The number of amidine groups is 1. The first kappa shape index (κ1) is 18.5. The molecule has 136 valence electrons. The number of aliphatic imine (C=N–C) groups is 1. The monoisotopic (exact) mass is 424 g/mol. The van der Waals surface area contributed by atoms with Gasteiger partial charge in [0, 0.05) is 15.5 Å². The first-order valence-corrected chi connectivity index (χ1v) is 11.0. The van der Waals surface area contributed by atoms with Crippen LogP contribution in [0.4, 0.5) is 5.69 Å². The number of thioether (sulfide) groups is 1. The van der Waals surface area contributed by atoms with E-state index in [0.29, 0.717) is 11.6 Å². The maximum atomic E-state index is 6.50. The van der Waals surface area contributed by atoms with Gasteiger partial charge in [-0.25, -0.2) is 0 Å². The molecule has 1 fully saturated rings. The zero-order chi connectivity index (χ0) is 18.1. The highest BCUT2D eigenvalue weighted by molar-refractivity contribution is 7.99. The fourth-order valence-corrected chi connectivity index (χ4v) is 5.70. The largest absolute Gasteiger partial charge is 0.342 e. The summed E-state index contributed by atoms with van der Waals surface area (Å²) in [4.78, 5) is 4.98. The second-order valence-electron chi connectivity index (χ2n) is 6.87. The van der Waals surface area contributed by atoms with Crippen LogP contribution >= 0.6 is 46.6 Å². The number of hydrogen-bond donors (Lipinski definition) is 1. The molecule has 1 saturated heterocycles. The number of halogens is 3. The Labute approximate surface area is 173 Å². The summed E-state index contributed by atoms with van der Waals surface area (Å²) in [5, 5.41) is 5.76. The molecule has 26 heavy (non-hydrogen) atoms. The van der Waals surface area contributed by atoms with Crippen molar-refractivity contribution in [1.82, 2.24) is 0 Å². The van der Waals surface area contributed by atoms with Gasteiger partial charge in [-0.05, 0) is 66.2 Å². The highest BCUT2D eigenvalue weighted by atomic mass is 35.5. The third kappa shape index (κ3) is 3.60. The van der Waals surface area contributed by atoms with Gasteiger partial charge < -0.3 is 5.32 Å². The predicted octanol–water partition coefficient (Wildman–Crippen LogP) is 6.73. The number of nitrogens with zero attached hydrogens (tertiary/aromatic N) is 1. The van der Waals surface area contributed by atoms with E-state index in [0.717, 1.165) is 63.5 Å². The van der Waals surface area contributed by atoms with Gasteiger partial charge in [0.2, 0.25) is 0 Å². The van der Waals surface area contributed by atoms with Gasteiger partial charge in [-0.15, -0.1) is 0 Å². The molecular weight excluding hydrogens is 407 g/mol. The van der Waals surface area contributed by atoms with Crippen LogP contribution in [-0.4, -0.2) is 17.3 Å². The summed E-state index contributed by atoms with van der Waals surface area (Å²) in [5.74, 6) is 3.32. The predicted molar refractivity (Wildman–Crippen MR) is 115 cm³/mol. The molecule has 1 spiro atoms. The van der Waals surface area contributed by atoms with Crippen molar-refractivity contribution in [2.75, 3.05) is 16.8 Å². The van der Waals surface area contributed by atoms with E-state index in [1.165, 1.54) is 0 Å². The summed E-state index contributed by atoms with van der Waals surface area (Å²) in [6.07, 6.45) is 3.09. The molecule has 0 atom stereocenters. The van der Waals surface area contributed by atoms with Crippen molar-refractivity contribution in [2.45, 2.75) is 25.8 Å². The van der Waals surface area contributed by atoms with Crippen molar-refractivity contribution in [3.8, 4) is 0 Å². The van der Waals surface area contributed by atoms with E-state index >= 15 is 0 Å². The molecule has 0 amide bonds. The lowest BCUT2D eigenvalue weighted by Crippen LogP contribution is -2.44. The number of nitrogens with one attached hydrogen (secondary N) is 1. The fourth-order valence-electron chi connectivity index (χ4n) is 3.76. The Bertz CT molecular complexity index is 860. The number of fused-ring (bicyclic) bond motifs is 1. The normalized spacial score (nSPS) is 20.0. The second kappa shape index (κ2) is 7.63. The summed E-state index contributed by atoms with van der Waals surface area (Å²) in [7, 11) is 0. The van der Waals surface area contributed by atoms with E-state index in [1.54, 1.807) is 0 Å². The van der Waals surface area contributed by atoms with Crippen LogP contribution in [0.2, 0.25) is 15.1 Å². The standard InChI is InChI=1S/C20H19Cl3N2S/c21-14-3-1-2-13(10-14)12-24-19-20(6-8-26-9-7-20)11-15-16(22)4-5-17(23)18(15)25-19/h1-5,10H,6-9,11-12H2,(H,24,25). The van der Waals surface area contributed by atoms with E-state index in [4.69, 9.17) is 39.8 Å². The Morgan fingerprint density at radius 3 is 2.58 bits per heavy atom. The molecule has 4 rings (SSSR count). The maximum Gasteiger partial charge on any atom is 0.108 e. The average Bonchev–Trinajstić information content (AvgIpc) is 2.64. The molecule has 2 aliphatic rings. The van der Waals surface area contributed by atoms with Gasteiger partial charge in [-0.1, -0.05) is 46.9 Å². The van der Waals surface area contributed by atoms with E-state index in [-0.39, 0.29) is 5.41 Å². The molecule has 1 N–H and O–H groups in total. The molecule has 0 aromatic heterocycles. The van der Waals surface area contributed by atoms with Crippen LogP contribution in [-0.2, 0) is 13.0 Å². The Kier molecular flexibility index (Phi) is 5.43. The summed E-state index contributed by atoms with van der Waals surface area (Å²) in [5.41, 5.74) is 3.15. The van der Waals surface area contributed by atoms with Crippen LogP contribution in [0.5, 0.6) is 0 Å². The van der Waals surface area contributed by atoms with Crippen molar-refractivity contribution >= 4 is 58.1 Å². The Balaban J connectivity index is 1.72. The number of hydrogen-bond acceptors (Lipinski definition) is 2. The lowest BCUT2D eigenvalue weighted by Gasteiger charge is -2.43. The minimum atomic E-state index is 0.0190. The summed E-state index contributed by atoms with van der Waals surface area (Å²) in [6.45, 7) is 0.602. The van der Waals surface area contributed by atoms with E-state index in [9.17, 15) is 0 Å². The number of benzene rings is 2. The van der Waals surface area contributed by atoms with E-state index in [1.807, 2.05) is 42.1 Å². The molecule has 0 unspecified atom stereocenters. The maximum absolute atomic E-state index is 6.50. The molecule has 0 radical (unpaired) electrons. The zero-order valence-electron chi connectivity index (χ0n) is 14.2. The molecule has 2 nitrogen and oxygen atoms in total. The second-order valence-corrected chi connectivity index (χ2v) is 9.35. The Morgan fingerprint density at radius 2 is 1.81 bits per heavy atom. The van der Waals surface area contributed by atoms with Crippen molar-refractivity contribution in [1.29, 1.82) is 0 Å². The molecule has 2 aromatic rings. The van der Waals surface area contributed by atoms with Crippen molar-refractivity contribution in [3.63, 3.8) is 0 Å². The summed E-state index contributed by atoms with van der Waals surface area (Å²) < 4.78 is 0. The SMILES string of the molecule is Clc1cccc(CN=C2Nc3c(Cl)ccc(Cl)c3CC23CCSCC3)c1. The van der Waals surface area contributed by atoms with Gasteiger partial charge >= 0.3 is 0 Å². The smallest absolute Gasteiger partial charge is 0.108 e. The van der Waals surface area contributed by atoms with Gasteiger partial charge in [0.15, 0.2) is 0 Å². The molecule has 6 heteroatoms. The third-order valence-corrected chi connectivity index (χ3v) is 7.11. The molecular formula is C20H19Cl3N2S. The van der Waals surface area contributed by atoms with Gasteiger partial charge in [-0.2, -0.15) is 11.8 Å². The van der Waals surface area contributed by atoms with Gasteiger partial charge in [-0.3, -0.25) is 4.99 Å². The molecule has 2 aromatic carbocycles. The highest BCUT2D eigenvalue weighted by Gasteiger charge is 2.42. The van der Waals surface area contributed by atoms with Gasteiger partial charge in [0.1, 0.15) is 5.84 Å². The van der Waals surface area contributed by atoms with E-state index in [2.05, 4.69) is 11.4 Å². The number of anilines is 1. The first-order chi connectivity index (χ1) is 12.6. The highest BCUT2D eigenvalue weighted by Crippen LogP contribution is 2.47. The minimum Gasteiger partial charge on any atom is -0.342 e. The van der Waals surface area contributed by atoms with Crippen LogP contribution in [0.3, 0.4) is 0 Å². The molecule has 2 heterocycles. The number of rotatable bonds is 2. The molecule has 0 aliphatic carbocycles. The van der Waals surface area contributed by atoms with E-state index < -0.39 is 0 Å². The van der Waals surface area contributed by atoms with Gasteiger partial charge in [0.25, 0.3) is 0 Å². The van der Waals surface area contributed by atoms with Crippen LogP contribution in [0.25, 0.3) is 0 Å². The van der Waals surface area contributed by atoms with Crippen LogP contribution in [0.15, 0.2) is 41.4 Å². The first-order valence-electron chi connectivity index (χ1n) is 8.68. The molecule has 0 bridgehead atoms. The third-order valence-electron chi connectivity index (χ3n) is 5.22. The van der Waals surface area contributed by atoms with Crippen molar-refractivity contribution < 1.29 is 0 Å². The van der Waals surface area contributed by atoms with Crippen molar-refractivity contribution in [3.05, 3.63) is 62.6 Å². The average molecular weight is 426 g/mol. The lowest BCUT2D eigenvalue weighted by atomic mass is 9.72. The topological polar surface area (TPSA) is 24.4 Å². The van der Waals surface area contributed by atoms with Gasteiger partial charge in [0.05, 0.1) is 17.3 Å². The minimum absolute atomic E-state index is 0.0190. The van der Waals surface area contributed by atoms with Crippen LogP contribution in [0.1, 0.15) is 24.0 Å². The Hall–Kier alpha value is -0.870. The molecule has 2 aliphatic heterocycles. The zero-order valence-corrected chi connectivity index (χ0v) is 17.3. The molecule has 0 saturated carbocycles. The van der Waals surface area contributed by atoms with Crippen LogP contribution < -0.4 is 5.32 Å². The fraction of sp³-hybridized carbons (Fsp3) is 0.350.